The Kier molecular flexibility index (Phi) is 3.26. The van der Waals surface area contributed by atoms with E-state index in [1.807, 2.05) is 14.1 Å². The number of rotatable bonds is 2. The first-order valence-electron chi connectivity index (χ1n) is 5.49. The van der Waals surface area contributed by atoms with Gasteiger partial charge >= 0.3 is 0 Å². The van der Waals surface area contributed by atoms with Gasteiger partial charge in [-0.1, -0.05) is 11.6 Å². The fourth-order valence-corrected chi connectivity index (χ4v) is 2.11. The Morgan fingerprint density at radius 3 is 2.59 bits per heavy atom. The second kappa shape index (κ2) is 4.55. The molecule has 1 heterocycles. The van der Waals surface area contributed by atoms with Crippen LogP contribution in [0.4, 0.5) is 5.69 Å². The third-order valence-electron chi connectivity index (χ3n) is 3.05. The van der Waals surface area contributed by atoms with E-state index < -0.39 is 0 Å². The topological polar surface area (TPSA) is 49.6 Å². The summed E-state index contributed by atoms with van der Waals surface area (Å²) in [5, 5.41) is 0.498. The predicted molar refractivity (Wildman–Crippen MR) is 69.2 cm³/mol. The lowest BCUT2D eigenvalue weighted by Crippen LogP contribution is -2.59. The van der Waals surface area contributed by atoms with Crippen molar-refractivity contribution in [1.82, 2.24) is 9.80 Å². The molecule has 0 saturated carbocycles. The number of nitrogens with zero attached hydrogens (tertiary/aromatic N) is 2. The lowest BCUT2D eigenvalue weighted by atomic mass is 10.1. The van der Waals surface area contributed by atoms with Gasteiger partial charge in [-0.2, -0.15) is 0 Å². The van der Waals surface area contributed by atoms with Crippen LogP contribution >= 0.6 is 11.6 Å². The molecule has 0 aromatic heterocycles. The van der Waals surface area contributed by atoms with Crippen molar-refractivity contribution in [3.63, 3.8) is 0 Å². The minimum Gasteiger partial charge on any atom is -0.399 e. The summed E-state index contributed by atoms with van der Waals surface area (Å²) in [6.07, 6.45) is 0. The first kappa shape index (κ1) is 12.2. The SMILES string of the molecule is CN(C)C1CN(C(=O)c2cc(N)cc(Cl)c2)C1. The lowest BCUT2D eigenvalue weighted by Gasteiger charge is -2.42. The van der Waals surface area contributed by atoms with Crippen LogP contribution in [0.1, 0.15) is 10.4 Å². The van der Waals surface area contributed by atoms with Gasteiger partial charge in [-0.3, -0.25) is 4.79 Å². The summed E-state index contributed by atoms with van der Waals surface area (Å²) < 4.78 is 0. The first-order valence-corrected chi connectivity index (χ1v) is 5.87. The van der Waals surface area contributed by atoms with Crippen molar-refractivity contribution in [3.8, 4) is 0 Å². The molecule has 92 valence electrons. The maximum atomic E-state index is 12.1. The summed E-state index contributed by atoms with van der Waals surface area (Å²) in [7, 11) is 4.04. The van der Waals surface area contributed by atoms with E-state index in [2.05, 4.69) is 4.90 Å². The molecule has 0 bridgehead atoms. The molecule has 0 spiro atoms. The summed E-state index contributed by atoms with van der Waals surface area (Å²) in [6, 6.07) is 5.41. The van der Waals surface area contributed by atoms with Crippen LogP contribution in [0.5, 0.6) is 0 Å². The molecular formula is C12H16ClN3O. The van der Waals surface area contributed by atoms with Gasteiger partial charge in [-0.05, 0) is 32.3 Å². The number of likely N-dealkylation sites (tertiary alicyclic amines) is 1. The number of hydrogen-bond acceptors (Lipinski definition) is 3. The molecule has 1 aromatic rings. The number of benzene rings is 1. The zero-order chi connectivity index (χ0) is 12.6. The van der Waals surface area contributed by atoms with Gasteiger partial charge in [0.2, 0.25) is 0 Å². The van der Waals surface area contributed by atoms with Gasteiger partial charge in [0, 0.05) is 35.4 Å². The number of carbonyl (C=O) groups excluding carboxylic acids is 1. The zero-order valence-corrected chi connectivity index (χ0v) is 10.7. The van der Waals surface area contributed by atoms with Crippen molar-refractivity contribution < 1.29 is 4.79 Å². The van der Waals surface area contributed by atoms with Crippen molar-refractivity contribution in [2.45, 2.75) is 6.04 Å². The van der Waals surface area contributed by atoms with Gasteiger partial charge < -0.3 is 15.5 Å². The molecule has 5 heteroatoms. The average molecular weight is 254 g/mol. The predicted octanol–water partition coefficient (Wildman–Crippen LogP) is 1.31. The molecule has 1 saturated heterocycles. The fraction of sp³-hybridized carbons (Fsp3) is 0.417. The number of amides is 1. The van der Waals surface area contributed by atoms with Crippen molar-refractivity contribution in [3.05, 3.63) is 28.8 Å². The molecule has 1 aliphatic heterocycles. The van der Waals surface area contributed by atoms with Crippen molar-refractivity contribution in [2.24, 2.45) is 0 Å². The average Bonchev–Trinajstić information content (AvgIpc) is 2.12. The monoisotopic (exact) mass is 253 g/mol. The van der Waals surface area contributed by atoms with Crippen LogP contribution in [-0.2, 0) is 0 Å². The van der Waals surface area contributed by atoms with Gasteiger partial charge in [0.05, 0.1) is 0 Å². The highest BCUT2D eigenvalue weighted by molar-refractivity contribution is 6.31. The van der Waals surface area contributed by atoms with E-state index in [0.29, 0.717) is 22.3 Å². The van der Waals surface area contributed by atoms with Crippen LogP contribution in [0, 0.1) is 0 Å². The summed E-state index contributed by atoms with van der Waals surface area (Å²) in [6.45, 7) is 1.52. The Morgan fingerprint density at radius 2 is 2.06 bits per heavy atom. The molecule has 1 aliphatic rings. The number of anilines is 1. The maximum Gasteiger partial charge on any atom is 0.254 e. The van der Waals surface area contributed by atoms with Crippen LogP contribution in [-0.4, -0.2) is 48.9 Å². The van der Waals surface area contributed by atoms with E-state index in [0.717, 1.165) is 13.1 Å². The molecule has 1 aromatic carbocycles. The third-order valence-corrected chi connectivity index (χ3v) is 3.27. The minimum absolute atomic E-state index is 0.00250. The summed E-state index contributed by atoms with van der Waals surface area (Å²) >= 11 is 5.88. The van der Waals surface area contributed by atoms with E-state index in [1.54, 1.807) is 23.1 Å². The molecule has 17 heavy (non-hydrogen) atoms. The molecule has 0 atom stereocenters. The molecule has 0 radical (unpaired) electrons. The number of carbonyl (C=O) groups is 1. The summed E-state index contributed by atoms with van der Waals surface area (Å²) in [5.74, 6) is -0.00250. The highest BCUT2D eigenvalue weighted by Gasteiger charge is 2.32. The van der Waals surface area contributed by atoms with E-state index >= 15 is 0 Å². The Hall–Kier alpha value is -1.26. The lowest BCUT2D eigenvalue weighted by molar-refractivity contribution is 0.0399. The highest BCUT2D eigenvalue weighted by atomic mass is 35.5. The third kappa shape index (κ3) is 2.53. The molecule has 1 fully saturated rings. The van der Waals surface area contributed by atoms with Crippen LogP contribution in [0.2, 0.25) is 5.02 Å². The Bertz CT molecular complexity index is 421. The van der Waals surface area contributed by atoms with Crippen LogP contribution < -0.4 is 5.73 Å². The number of likely N-dealkylation sites (N-methyl/N-ethyl adjacent to an activating group) is 1. The first-order chi connectivity index (χ1) is 7.97. The molecular weight excluding hydrogens is 238 g/mol. The number of hydrogen-bond donors (Lipinski definition) is 1. The Balaban J connectivity index is 2.06. The number of halogens is 1. The van der Waals surface area contributed by atoms with Crippen molar-refractivity contribution >= 4 is 23.2 Å². The Labute approximate surface area is 106 Å². The minimum atomic E-state index is -0.00250. The second-order valence-corrected chi connectivity index (χ2v) is 5.04. The van der Waals surface area contributed by atoms with Crippen LogP contribution in [0.15, 0.2) is 18.2 Å². The standard InChI is InChI=1S/C12H16ClN3O/c1-15(2)11-6-16(7-11)12(17)8-3-9(13)5-10(14)4-8/h3-5,11H,6-7,14H2,1-2H3. The molecule has 1 amide bonds. The Morgan fingerprint density at radius 1 is 1.41 bits per heavy atom. The second-order valence-electron chi connectivity index (χ2n) is 4.60. The van der Waals surface area contributed by atoms with Gasteiger partial charge in [0.15, 0.2) is 0 Å². The van der Waals surface area contributed by atoms with E-state index in [9.17, 15) is 4.79 Å². The largest absolute Gasteiger partial charge is 0.399 e. The quantitative estimate of drug-likeness (QED) is 0.809. The molecule has 0 aliphatic carbocycles. The maximum absolute atomic E-state index is 12.1. The fourth-order valence-electron chi connectivity index (χ4n) is 1.87. The summed E-state index contributed by atoms with van der Waals surface area (Å²) in [5.41, 5.74) is 6.75. The number of nitrogens with two attached hydrogens (primary N) is 1. The normalized spacial score (nSPS) is 16.1. The van der Waals surface area contributed by atoms with E-state index in [-0.39, 0.29) is 5.91 Å². The molecule has 2 N–H and O–H groups in total. The van der Waals surface area contributed by atoms with Crippen molar-refractivity contribution in [1.29, 1.82) is 0 Å². The van der Waals surface area contributed by atoms with Gasteiger partial charge in [-0.25, -0.2) is 0 Å². The highest BCUT2D eigenvalue weighted by Crippen LogP contribution is 2.21. The molecule has 4 nitrogen and oxygen atoms in total. The van der Waals surface area contributed by atoms with E-state index in [1.165, 1.54) is 0 Å². The van der Waals surface area contributed by atoms with Gasteiger partial charge in [0.25, 0.3) is 5.91 Å². The smallest absolute Gasteiger partial charge is 0.254 e. The van der Waals surface area contributed by atoms with E-state index in [4.69, 9.17) is 17.3 Å². The van der Waals surface area contributed by atoms with Crippen molar-refractivity contribution in [2.75, 3.05) is 32.9 Å². The molecule has 0 unspecified atom stereocenters. The van der Waals surface area contributed by atoms with Crippen LogP contribution in [0.25, 0.3) is 0 Å². The van der Waals surface area contributed by atoms with Crippen LogP contribution in [0.3, 0.4) is 0 Å². The number of nitrogen functional groups attached to an aromatic ring is 1. The zero-order valence-electron chi connectivity index (χ0n) is 9.98. The van der Waals surface area contributed by atoms with Gasteiger partial charge in [-0.15, -0.1) is 0 Å². The molecule has 2 rings (SSSR count). The summed E-state index contributed by atoms with van der Waals surface area (Å²) in [4.78, 5) is 16.0. The van der Waals surface area contributed by atoms with Gasteiger partial charge in [0.1, 0.15) is 0 Å².